The average Bonchev–Trinajstić information content (AvgIpc) is 3.29. The molecule has 0 bridgehead atoms. The van der Waals surface area contributed by atoms with Crippen molar-refractivity contribution in [1.29, 1.82) is 0 Å². The van der Waals surface area contributed by atoms with Crippen LogP contribution in [0.3, 0.4) is 0 Å². The van der Waals surface area contributed by atoms with E-state index < -0.39 is 0 Å². The minimum absolute atomic E-state index is 0.625. The number of anilines is 1. The number of fused-ring (bicyclic) bond motifs is 1. The van der Waals surface area contributed by atoms with Crippen LogP contribution in [0.1, 0.15) is 19.3 Å². The molecule has 0 unspecified atom stereocenters. The van der Waals surface area contributed by atoms with Gasteiger partial charge in [-0.3, -0.25) is 0 Å². The van der Waals surface area contributed by atoms with Crippen LogP contribution in [0, 0.1) is 0 Å². The molecule has 0 atom stereocenters. The Balaban J connectivity index is 1.70. The molecular weight excluding hydrogens is 334 g/mol. The monoisotopic (exact) mass is 355 g/mol. The van der Waals surface area contributed by atoms with Crippen LogP contribution >= 0.6 is 0 Å². The van der Waals surface area contributed by atoms with E-state index in [0.717, 1.165) is 29.8 Å². The van der Waals surface area contributed by atoms with Gasteiger partial charge in [-0.15, -0.1) is 0 Å². The summed E-state index contributed by atoms with van der Waals surface area (Å²) in [6.45, 7) is 2.08. The highest BCUT2D eigenvalue weighted by molar-refractivity contribution is 5.93. The molecule has 0 spiro atoms. The lowest BCUT2D eigenvalue weighted by atomic mass is 10.0. The van der Waals surface area contributed by atoms with Crippen molar-refractivity contribution >= 4 is 16.7 Å². The molecule has 27 heavy (non-hydrogen) atoms. The van der Waals surface area contributed by atoms with E-state index in [0.29, 0.717) is 5.95 Å². The average molecular weight is 355 g/mol. The van der Waals surface area contributed by atoms with Gasteiger partial charge in [0.25, 0.3) is 5.95 Å². The maximum absolute atomic E-state index is 4.92. The summed E-state index contributed by atoms with van der Waals surface area (Å²) in [5.74, 6) is 1.64. The van der Waals surface area contributed by atoms with Crippen LogP contribution in [0.2, 0.25) is 0 Å². The van der Waals surface area contributed by atoms with Gasteiger partial charge in [-0.05, 0) is 48.6 Å². The summed E-state index contributed by atoms with van der Waals surface area (Å²) in [6, 6.07) is 18.8. The molecule has 5 heteroatoms. The fourth-order valence-electron chi connectivity index (χ4n) is 3.75. The standard InChI is InChI=1S/C22H21N5/c1-3-8-17(9-4-1)18-10-11-20-19(16-18)21(26-13-5-2-6-14-26)25-22(24-20)27-15-7-12-23-27/h1,3-4,7-12,15-16H,2,5-6,13-14H2. The first-order chi connectivity index (χ1) is 13.4. The van der Waals surface area contributed by atoms with E-state index in [1.165, 1.54) is 30.4 Å². The molecule has 1 saturated heterocycles. The van der Waals surface area contributed by atoms with Crippen LogP contribution < -0.4 is 4.90 Å². The number of piperidine rings is 1. The van der Waals surface area contributed by atoms with Crippen molar-refractivity contribution in [3.8, 4) is 17.1 Å². The van der Waals surface area contributed by atoms with Gasteiger partial charge in [-0.2, -0.15) is 10.1 Å². The van der Waals surface area contributed by atoms with Gasteiger partial charge in [0.05, 0.1) is 5.52 Å². The molecule has 5 nitrogen and oxygen atoms in total. The second-order valence-corrected chi connectivity index (χ2v) is 6.94. The number of hydrogen-bond acceptors (Lipinski definition) is 4. The molecule has 0 radical (unpaired) electrons. The first-order valence-corrected chi connectivity index (χ1v) is 9.51. The Hall–Kier alpha value is -3.21. The summed E-state index contributed by atoms with van der Waals surface area (Å²) in [6.07, 6.45) is 7.36. The predicted molar refractivity (Wildman–Crippen MR) is 108 cm³/mol. The Morgan fingerprint density at radius 1 is 0.778 bits per heavy atom. The third kappa shape index (κ3) is 3.05. The van der Waals surface area contributed by atoms with Gasteiger partial charge in [-0.1, -0.05) is 36.4 Å². The van der Waals surface area contributed by atoms with E-state index in [2.05, 4.69) is 52.5 Å². The molecular formula is C22H21N5. The molecule has 1 aliphatic heterocycles. The Bertz CT molecular complexity index is 1050. The highest BCUT2D eigenvalue weighted by atomic mass is 15.4. The lowest BCUT2D eigenvalue weighted by Gasteiger charge is -2.29. The number of hydrogen-bond donors (Lipinski definition) is 0. The fraction of sp³-hybridized carbons (Fsp3) is 0.227. The number of aromatic nitrogens is 4. The highest BCUT2D eigenvalue weighted by Gasteiger charge is 2.18. The molecule has 134 valence electrons. The first kappa shape index (κ1) is 16.0. The summed E-state index contributed by atoms with van der Waals surface area (Å²) in [4.78, 5) is 12.1. The highest BCUT2D eigenvalue weighted by Crippen LogP contribution is 2.31. The third-order valence-corrected chi connectivity index (χ3v) is 5.14. The number of benzene rings is 2. The van der Waals surface area contributed by atoms with Crippen LogP contribution in [-0.4, -0.2) is 32.8 Å². The van der Waals surface area contributed by atoms with E-state index in [1.807, 2.05) is 18.3 Å². The van der Waals surface area contributed by atoms with Crippen LogP contribution in [0.5, 0.6) is 0 Å². The lowest BCUT2D eigenvalue weighted by Crippen LogP contribution is -2.30. The fourth-order valence-corrected chi connectivity index (χ4v) is 3.75. The van der Waals surface area contributed by atoms with Crippen LogP contribution in [0.15, 0.2) is 67.0 Å². The molecule has 1 fully saturated rings. The Morgan fingerprint density at radius 2 is 1.63 bits per heavy atom. The minimum atomic E-state index is 0.625. The second-order valence-electron chi connectivity index (χ2n) is 6.94. The summed E-state index contributed by atoms with van der Waals surface area (Å²) < 4.78 is 1.73. The summed E-state index contributed by atoms with van der Waals surface area (Å²) in [5.41, 5.74) is 3.35. The van der Waals surface area contributed by atoms with Crippen molar-refractivity contribution in [2.45, 2.75) is 19.3 Å². The minimum Gasteiger partial charge on any atom is -0.356 e. The Labute approximate surface area is 158 Å². The molecule has 1 aliphatic rings. The van der Waals surface area contributed by atoms with Gasteiger partial charge < -0.3 is 4.90 Å². The maximum Gasteiger partial charge on any atom is 0.253 e. The second kappa shape index (κ2) is 6.83. The Morgan fingerprint density at radius 3 is 2.41 bits per heavy atom. The lowest BCUT2D eigenvalue weighted by molar-refractivity contribution is 0.574. The van der Waals surface area contributed by atoms with Gasteiger partial charge in [0.15, 0.2) is 0 Å². The van der Waals surface area contributed by atoms with E-state index in [-0.39, 0.29) is 0 Å². The zero-order valence-corrected chi connectivity index (χ0v) is 15.1. The SMILES string of the molecule is c1ccc(-c2ccc3nc(-n4cccn4)nc(N4CCCCC4)c3c2)cc1. The van der Waals surface area contributed by atoms with Gasteiger partial charge in [0.1, 0.15) is 5.82 Å². The zero-order valence-electron chi connectivity index (χ0n) is 15.1. The zero-order chi connectivity index (χ0) is 18.1. The van der Waals surface area contributed by atoms with E-state index in [9.17, 15) is 0 Å². The summed E-state index contributed by atoms with van der Waals surface area (Å²) in [5, 5.41) is 5.42. The van der Waals surface area contributed by atoms with Crippen LogP contribution in [-0.2, 0) is 0 Å². The summed E-state index contributed by atoms with van der Waals surface area (Å²) in [7, 11) is 0. The summed E-state index contributed by atoms with van der Waals surface area (Å²) >= 11 is 0. The normalized spacial score (nSPS) is 14.6. The molecule has 0 N–H and O–H groups in total. The molecule has 5 rings (SSSR count). The van der Waals surface area contributed by atoms with E-state index >= 15 is 0 Å². The molecule has 2 aromatic carbocycles. The van der Waals surface area contributed by atoms with Gasteiger partial charge >= 0.3 is 0 Å². The number of rotatable bonds is 3. The van der Waals surface area contributed by atoms with E-state index in [1.54, 1.807) is 10.9 Å². The Kier molecular flexibility index (Phi) is 4.05. The number of nitrogens with zero attached hydrogens (tertiary/aromatic N) is 5. The van der Waals surface area contributed by atoms with Crippen LogP contribution in [0.4, 0.5) is 5.82 Å². The molecule has 0 aliphatic carbocycles. The van der Waals surface area contributed by atoms with Gasteiger partial charge in [-0.25, -0.2) is 9.67 Å². The van der Waals surface area contributed by atoms with Crippen molar-refractivity contribution in [3.63, 3.8) is 0 Å². The van der Waals surface area contributed by atoms with Crippen molar-refractivity contribution in [3.05, 3.63) is 67.0 Å². The molecule has 0 amide bonds. The molecule has 0 saturated carbocycles. The maximum atomic E-state index is 4.92. The first-order valence-electron chi connectivity index (χ1n) is 9.51. The van der Waals surface area contributed by atoms with E-state index in [4.69, 9.17) is 9.97 Å². The van der Waals surface area contributed by atoms with Crippen molar-refractivity contribution in [2.75, 3.05) is 18.0 Å². The smallest absolute Gasteiger partial charge is 0.253 e. The van der Waals surface area contributed by atoms with Crippen molar-refractivity contribution < 1.29 is 0 Å². The molecule has 3 heterocycles. The molecule has 2 aromatic heterocycles. The van der Waals surface area contributed by atoms with Crippen molar-refractivity contribution in [1.82, 2.24) is 19.7 Å². The predicted octanol–water partition coefficient (Wildman–Crippen LogP) is 4.47. The topological polar surface area (TPSA) is 46.8 Å². The van der Waals surface area contributed by atoms with Gasteiger partial charge in [0, 0.05) is 30.9 Å². The molecule has 4 aromatic rings. The van der Waals surface area contributed by atoms with Crippen molar-refractivity contribution in [2.24, 2.45) is 0 Å². The van der Waals surface area contributed by atoms with Gasteiger partial charge in [0.2, 0.25) is 0 Å². The largest absolute Gasteiger partial charge is 0.356 e. The third-order valence-electron chi connectivity index (χ3n) is 5.14. The quantitative estimate of drug-likeness (QED) is 0.544. The van der Waals surface area contributed by atoms with Crippen LogP contribution in [0.25, 0.3) is 28.0 Å².